The van der Waals surface area contributed by atoms with E-state index in [2.05, 4.69) is 0 Å². The van der Waals surface area contributed by atoms with Gasteiger partial charge in [0.1, 0.15) is 11.7 Å². The summed E-state index contributed by atoms with van der Waals surface area (Å²) in [6.07, 6.45) is -0.935. The molecule has 2 aliphatic heterocycles. The number of hydrogen-bond donors (Lipinski definition) is 0. The van der Waals surface area contributed by atoms with E-state index >= 15 is 0 Å². The molecule has 3 atom stereocenters. The van der Waals surface area contributed by atoms with Crippen LogP contribution in [0.25, 0.3) is 0 Å². The minimum atomic E-state index is -0.935. The van der Waals surface area contributed by atoms with Crippen molar-refractivity contribution >= 4 is 17.5 Å². The van der Waals surface area contributed by atoms with Gasteiger partial charge in [0, 0.05) is 0 Å². The number of carbonyl (C=O) groups is 2. The average molecular weight is 402 g/mol. The van der Waals surface area contributed by atoms with Crippen LogP contribution in [0.1, 0.15) is 17.2 Å². The molecule has 2 saturated heterocycles. The maximum Gasteiger partial charge on any atom is 0.262 e. The number of hydrogen-bond acceptors (Lipinski definition) is 4. The molecule has 5 nitrogen and oxygen atoms in total. The lowest BCUT2D eigenvalue weighted by atomic mass is 9.90. The first-order chi connectivity index (χ1) is 14.6. The molecule has 2 amide bonds. The van der Waals surface area contributed by atoms with E-state index in [1.54, 1.807) is 17.2 Å². The molecule has 0 bridgehead atoms. The number of para-hydroxylation sites is 1. The van der Waals surface area contributed by atoms with Crippen LogP contribution in [0, 0.1) is 11.7 Å². The Morgan fingerprint density at radius 2 is 1.53 bits per heavy atom. The first-order valence-corrected chi connectivity index (χ1v) is 9.79. The van der Waals surface area contributed by atoms with Crippen LogP contribution in [-0.2, 0) is 21.0 Å². The number of carbonyl (C=O) groups excluding carboxylic acids is 2. The van der Waals surface area contributed by atoms with Crippen molar-refractivity contribution in [3.05, 3.63) is 102 Å². The largest absolute Gasteiger partial charge is 0.275 e. The number of halogens is 1. The molecule has 3 aromatic carbocycles. The highest BCUT2D eigenvalue weighted by Crippen LogP contribution is 2.46. The summed E-state index contributed by atoms with van der Waals surface area (Å²) in [4.78, 5) is 33.7. The number of likely N-dealkylation sites (tertiary alicyclic amines) is 1. The molecule has 0 N–H and O–H groups in total. The van der Waals surface area contributed by atoms with Gasteiger partial charge in [-0.2, -0.15) is 0 Å². The second-order valence-electron chi connectivity index (χ2n) is 7.46. The zero-order valence-corrected chi connectivity index (χ0v) is 16.0. The molecule has 0 aromatic heterocycles. The smallest absolute Gasteiger partial charge is 0.262 e. The number of imide groups is 1. The van der Waals surface area contributed by atoms with Crippen molar-refractivity contribution in [1.29, 1.82) is 0 Å². The maximum absolute atomic E-state index is 14.0. The fourth-order valence-corrected chi connectivity index (χ4v) is 4.22. The Labute approximate surface area is 173 Å². The Hall–Kier alpha value is -3.51. The summed E-state index contributed by atoms with van der Waals surface area (Å²) in [6, 6.07) is 24.1. The first kappa shape index (κ1) is 18.5. The number of nitrogens with zero attached hydrogens (tertiary/aromatic N) is 2. The highest BCUT2D eigenvalue weighted by molar-refractivity contribution is 6.07. The van der Waals surface area contributed by atoms with Crippen molar-refractivity contribution < 1.29 is 18.8 Å². The topological polar surface area (TPSA) is 49.9 Å². The van der Waals surface area contributed by atoms with Gasteiger partial charge in [-0.1, -0.05) is 60.7 Å². The van der Waals surface area contributed by atoms with Crippen molar-refractivity contribution in [2.24, 2.45) is 5.92 Å². The molecule has 0 spiro atoms. The van der Waals surface area contributed by atoms with Crippen molar-refractivity contribution in [3.8, 4) is 0 Å². The maximum atomic E-state index is 14.0. The molecule has 2 heterocycles. The highest BCUT2D eigenvalue weighted by Gasteiger charge is 2.59. The molecule has 6 heteroatoms. The number of anilines is 1. The summed E-state index contributed by atoms with van der Waals surface area (Å²) in [5, 5.41) is 1.57. The van der Waals surface area contributed by atoms with Crippen LogP contribution in [0.2, 0.25) is 0 Å². The van der Waals surface area contributed by atoms with Crippen LogP contribution in [0.5, 0.6) is 0 Å². The Bertz CT molecular complexity index is 1090. The van der Waals surface area contributed by atoms with Crippen molar-refractivity contribution in [2.45, 2.75) is 18.7 Å². The van der Waals surface area contributed by atoms with Crippen LogP contribution in [0.15, 0.2) is 84.9 Å². The van der Waals surface area contributed by atoms with Crippen LogP contribution < -0.4 is 5.06 Å². The molecule has 2 fully saturated rings. The molecule has 0 radical (unpaired) electrons. The molecule has 0 aliphatic carbocycles. The van der Waals surface area contributed by atoms with Crippen molar-refractivity contribution in [2.75, 3.05) is 5.06 Å². The van der Waals surface area contributed by atoms with Crippen LogP contribution >= 0.6 is 0 Å². The Kier molecular flexibility index (Phi) is 4.56. The van der Waals surface area contributed by atoms with Gasteiger partial charge < -0.3 is 0 Å². The monoisotopic (exact) mass is 402 g/mol. The molecule has 3 aromatic rings. The van der Waals surface area contributed by atoms with Gasteiger partial charge >= 0.3 is 0 Å². The normalized spacial score (nSPS) is 23.2. The van der Waals surface area contributed by atoms with E-state index in [1.807, 2.05) is 60.7 Å². The zero-order valence-electron chi connectivity index (χ0n) is 16.0. The second kappa shape index (κ2) is 7.39. The van der Waals surface area contributed by atoms with E-state index in [0.717, 1.165) is 5.56 Å². The summed E-state index contributed by atoms with van der Waals surface area (Å²) in [5.74, 6) is -1.82. The number of fused-ring (bicyclic) bond motifs is 1. The van der Waals surface area contributed by atoms with Crippen molar-refractivity contribution in [3.63, 3.8) is 0 Å². The average Bonchev–Trinajstić information content (AvgIpc) is 3.27. The van der Waals surface area contributed by atoms with Gasteiger partial charge in [0.25, 0.3) is 5.91 Å². The van der Waals surface area contributed by atoms with E-state index in [9.17, 15) is 14.0 Å². The van der Waals surface area contributed by atoms with E-state index in [1.165, 1.54) is 17.0 Å². The third kappa shape index (κ3) is 3.06. The third-order valence-electron chi connectivity index (χ3n) is 5.59. The summed E-state index contributed by atoms with van der Waals surface area (Å²) in [6.45, 7) is 0.191. The number of amides is 2. The van der Waals surface area contributed by atoms with Gasteiger partial charge in [0.2, 0.25) is 5.91 Å². The standard InChI is InChI=1S/C24H19FN2O3/c25-18-11-7-10-17(14-18)21-20-22(30-27(21)19-12-5-2-6-13-19)24(29)26(23(20)28)15-16-8-3-1-4-9-16/h1-14,20-22H,15H2/t20-,21-,22+/m1/s1. The van der Waals surface area contributed by atoms with Gasteiger partial charge in [-0.3, -0.25) is 19.3 Å². The quantitative estimate of drug-likeness (QED) is 0.622. The summed E-state index contributed by atoms with van der Waals surface area (Å²) in [7, 11) is 0. The van der Waals surface area contributed by atoms with Crippen LogP contribution in [-0.4, -0.2) is 22.8 Å². The molecule has 0 saturated carbocycles. The number of benzene rings is 3. The zero-order chi connectivity index (χ0) is 20.7. The summed E-state index contributed by atoms with van der Waals surface area (Å²) in [5.41, 5.74) is 2.16. The van der Waals surface area contributed by atoms with E-state index < -0.39 is 23.9 Å². The highest BCUT2D eigenvalue weighted by atomic mass is 19.1. The van der Waals surface area contributed by atoms with Gasteiger partial charge in [0.15, 0.2) is 6.10 Å². The van der Waals surface area contributed by atoms with E-state index in [4.69, 9.17) is 4.84 Å². The predicted octanol–water partition coefficient (Wildman–Crippen LogP) is 3.87. The lowest BCUT2D eigenvalue weighted by molar-refractivity contribution is -0.143. The second-order valence-corrected chi connectivity index (χ2v) is 7.46. The van der Waals surface area contributed by atoms with Crippen LogP contribution in [0.3, 0.4) is 0 Å². The molecule has 150 valence electrons. The van der Waals surface area contributed by atoms with E-state index in [-0.39, 0.29) is 18.4 Å². The fraction of sp³-hybridized carbons (Fsp3) is 0.167. The van der Waals surface area contributed by atoms with Gasteiger partial charge in [-0.15, -0.1) is 0 Å². The number of hydroxylamine groups is 1. The molecular weight excluding hydrogens is 383 g/mol. The van der Waals surface area contributed by atoms with Crippen molar-refractivity contribution in [1.82, 2.24) is 4.90 Å². The minimum absolute atomic E-state index is 0.191. The molecule has 5 rings (SSSR count). The lowest BCUT2D eigenvalue weighted by Crippen LogP contribution is -2.36. The fourth-order valence-electron chi connectivity index (χ4n) is 4.22. The predicted molar refractivity (Wildman–Crippen MR) is 108 cm³/mol. The molecule has 30 heavy (non-hydrogen) atoms. The number of rotatable bonds is 4. The van der Waals surface area contributed by atoms with Gasteiger partial charge in [-0.25, -0.2) is 9.45 Å². The Morgan fingerprint density at radius 3 is 2.23 bits per heavy atom. The summed E-state index contributed by atoms with van der Waals surface area (Å²) >= 11 is 0. The van der Waals surface area contributed by atoms with Gasteiger partial charge in [0.05, 0.1) is 18.3 Å². The SMILES string of the molecule is O=C1[C@H]2[C@H](ON(c3ccccc3)[C@@H]2c2cccc(F)c2)C(=O)N1Cc1ccccc1. The van der Waals surface area contributed by atoms with Crippen LogP contribution in [0.4, 0.5) is 10.1 Å². The third-order valence-corrected chi connectivity index (χ3v) is 5.59. The van der Waals surface area contributed by atoms with Gasteiger partial charge in [-0.05, 0) is 35.4 Å². The Balaban J connectivity index is 1.53. The molecular formula is C24H19FN2O3. The van der Waals surface area contributed by atoms with E-state index in [0.29, 0.717) is 11.3 Å². The minimum Gasteiger partial charge on any atom is -0.275 e. The first-order valence-electron chi connectivity index (χ1n) is 9.79. The summed E-state index contributed by atoms with van der Waals surface area (Å²) < 4.78 is 14.0. The molecule has 2 aliphatic rings. The Morgan fingerprint density at radius 1 is 0.833 bits per heavy atom. The lowest BCUT2D eigenvalue weighted by Gasteiger charge is -2.28. The molecule has 0 unspecified atom stereocenters.